The predicted octanol–water partition coefficient (Wildman–Crippen LogP) is 0.110. The Morgan fingerprint density at radius 2 is 2.04 bits per heavy atom. The average molecular weight is 400 g/mol. The van der Waals surface area contributed by atoms with E-state index in [-0.39, 0.29) is 17.5 Å². The molecule has 0 bridgehead atoms. The molecule has 10 nitrogen and oxygen atoms in total. The summed E-state index contributed by atoms with van der Waals surface area (Å²) in [6.45, 7) is 3.24. The summed E-state index contributed by atoms with van der Waals surface area (Å²) in [7, 11) is -4.83. The highest BCUT2D eigenvalue weighted by atomic mass is 32.2. The molecule has 0 radical (unpaired) electrons. The first-order chi connectivity index (χ1) is 12.6. The molecule has 0 aliphatic carbocycles. The van der Waals surface area contributed by atoms with Crippen molar-refractivity contribution in [1.29, 1.82) is 0 Å². The van der Waals surface area contributed by atoms with Crippen LogP contribution in [0, 0.1) is 0 Å². The van der Waals surface area contributed by atoms with E-state index in [1.165, 1.54) is 0 Å². The zero-order valence-corrected chi connectivity index (χ0v) is 15.5. The van der Waals surface area contributed by atoms with Crippen molar-refractivity contribution in [2.75, 3.05) is 6.61 Å². The van der Waals surface area contributed by atoms with Crippen LogP contribution in [0.2, 0.25) is 0 Å². The van der Waals surface area contributed by atoms with Crippen LogP contribution in [0.15, 0.2) is 30.3 Å². The Labute approximate surface area is 156 Å². The maximum absolute atomic E-state index is 12.4. The summed E-state index contributed by atoms with van der Waals surface area (Å²) in [5, 5.41) is 0.746. The molecule has 2 heterocycles. The molecule has 0 saturated carbocycles. The van der Waals surface area contributed by atoms with E-state index in [2.05, 4.69) is 0 Å². The van der Waals surface area contributed by atoms with Gasteiger partial charge in [0.05, 0.1) is 6.61 Å². The summed E-state index contributed by atoms with van der Waals surface area (Å²) >= 11 is 0. The number of nitrogens with zero attached hydrogens (tertiary/aromatic N) is 2. The monoisotopic (exact) mass is 400 g/mol. The van der Waals surface area contributed by atoms with Crippen molar-refractivity contribution >= 4 is 22.6 Å². The van der Waals surface area contributed by atoms with Gasteiger partial charge in [0.25, 0.3) is 5.91 Å². The molecule has 27 heavy (non-hydrogen) atoms. The van der Waals surface area contributed by atoms with Crippen LogP contribution in [0.5, 0.6) is 0 Å². The molecular weight excluding hydrogens is 380 g/mol. The molecule has 3 unspecified atom stereocenters. The van der Waals surface area contributed by atoms with Crippen molar-refractivity contribution < 1.29 is 36.9 Å². The van der Waals surface area contributed by atoms with Crippen molar-refractivity contribution in [3.8, 4) is 0 Å². The van der Waals surface area contributed by atoms with Crippen LogP contribution >= 0.6 is 0 Å². The number of benzene rings is 1. The van der Waals surface area contributed by atoms with E-state index in [4.69, 9.17) is 14.3 Å². The van der Waals surface area contributed by atoms with Gasteiger partial charge in [-0.15, -0.1) is 0 Å². The second-order valence-electron chi connectivity index (χ2n) is 6.64. The third kappa shape index (κ3) is 3.96. The van der Waals surface area contributed by atoms with E-state index in [1.807, 2.05) is 6.07 Å². The number of amides is 2. The Balaban J connectivity index is 1.80. The SMILES string of the molecule is CC1(C)OCC(C2C(N(C=O)OCc3ccccc3)C(=O)N2S(=O)(=O)O)O1. The number of rotatable bonds is 7. The van der Waals surface area contributed by atoms with Gasteiger partial charge in [-0.05, 0) is 19.4 Å². The Bertz CT molecular complexity index is 813. The minimum atomic E-state index is -4.83. The van der Waals surface area contributed by atoms with Crippen LogP contribution in [0.1, 0.15) is 19.4 Å². The topological polar surface area (TPSA) is 123 Å². The predicted molar refractivity (Wildman–Crippen MR) is 90.0 cm³/mol. The maximum Gasteiger partial charge on any atom is 0.362 e. The number of carbonyl (C=O) groups excluding carboxylic acids is 2. The molecule has 148 valence electrons. The van der Waals surface area contributed by atoms with E-state index >= 15 is 0 Å². The Hall–Kier alpha value is -2.05. The molecule has 2 aliphatic rings. The molecule has 1 N–H and O–H groups in total. The van der Waals surface area contributed by atoms with Crippen LogP contribution in [0.4, 0.5) is 0 Å². The van der Waals surface area contributed by atoms with Crippen LogP contribution in [-0.4, -0.2) is 65.2 Å². The van der Waals surface area contributed by atoms with E-state index in [0.29, 0.717) is 6.41 Å². The highest BCUT2D eigenvalue weighted by Gasteiger charge is 2.61. The summed E-state index contributed by atoms with van der Waals surface area (Å²) in [5.74, 6) is -1.98. The lowest BCUT2D eigenvalue weighted by Gasteiger charge is -2.48. The molecule has 1 aromatic carbocycles. The summed E-state index contributed by atoms with van der Waals surface area (Å²) in [6, 6.07) is 6.48. The molecule has 2 saturated heterocycles. The van der Waals surface area contributed by atoms with E-state index in [9.17, 15) is 22.6 Å². The van der Waals surface area contributed by atoms with Gasteiger partial charge in [-0.1, -0.05) is 30.3 Å². The minimum Gasteiger partial charge on any atom is -0.348 e. The van der Waals surface area contributed by atoms with Gasteiger partial charge in [-0.3, -0.25) is 19.0 Å². The number of hydroxylamine groups is 2. The van der Waals surface area contributed by atoms with Gasteiger partial charge in [-0.2, -0.15) is 8.42 Å². The molecule has 1 aromatic rings. The first kappa shape index (κ1) is 19.7. The summed E-state index contributed by atoms with van der Waals surface area (Å²) in [5.41, 5.74) is 0.751. The van der Waals surface area contributed by atoms with Crippen molar-refractivity contribution in [1.82, 2.24) is 9.37 Å². The third-order valence-corrected chi connectivity index (χ3v) is 5.25. The maximum atomic E-state index is 12.4. The number of hydrogen-bond acceptors (Lipinski definition) is 7. The molecule has 11 heteroatoms. The number of carbonyl (C=O) groups is 2. The summed E-state index contributed by atoms with van der Waals surface area (Å²) < 4.78 is 43.9. The normalized spacial score (nSPS) is 27.3. The van der Waals surface area contributed by atoms with Crippen molar-refractivity contribution in [2.24, 2.45) is 0 Å². The third-order valence-electron chi connectivity index (χ3n) is 4.33. The lowest BCUT2D eigenvalue weighted by atomic mass is 9.93. The molecule has 2 aliphatic heterocycles. The molecule has 0 aromatic heterocycles. The van der Waals surface area contributed by atoms with Gasteiger partial charge in [0, 0.05) is 0 Å². The molecular formula is C16H20N2O8S. The highest BCUT2D eigenvalue weighted by Crippen LogP contribution is 2.36. The van der Waals surface area contributed by atoms with Gasteiger partial charge in [0.15, 0.2) is 11.8 Å². The second kappa shape index (κ2) is 7.17. The van der Waals surface area contributed by atoms with Gasteiger partial charge < -0.3 is 9.47 Å². The molecule has 0 spiro atoms. The zero-order chi connectivity index (χ0) is 19.8. The number of hydrogen-bond donors (Lipinski definition) is 1. The van der Waals surface area contributed by atoms with Crippen LogP contribution < -0.4 is 0 Å². The quantitative estimate of drug-likeness (QED) is 0.296. The standard InChI is InChI=1S/C16H20N2O8S/c1-16(2)24-9-12(26-16)13-14(15(20)18(13)27(21,22)23)17(10-19)25-8-11-6-4-3-5-7-11/h3-7,10,12-14H,8-9H2,1-2H3,(H,21,22,23). The van der Waals surface area contributed by atoms with Crippen LogP contribution in [0.3, 0.4) is 0 Å². The van der Waals surface area contributed by atoms with Crippen molar-refractivity contribution in [3.05, 3.63) is 35.9 Å². The van der Waals surface area contributed by atoms with Crippen molar-refractivity contribution in [2.45, 2.75) is 44.4 Å². The lowest BCUT2D eigenvalue weighted by Crippen LogP contribution is -2.75. The molecule has 2 fully saturated rings. The van der Waals surface area contributed by atoms with E-state index < -0.39 is 40.2 Å². The Morgan fingerprint density at radius 1 is 1.37 bits per heavy atom. The molecule has 3 atom stereocenters. The first-order valence-electron chi connectivity index (χ1n) is 8.17. The first-order valence-corrected chi connectivity index (χ1v) is 9.57. The van der Waals surface area contributed by atoms with Gasteiger partial charge in [0.1, 0.15) is 18.8 Å². The molecule has 2 amide bonds. The lowest BCUT2D eigenvalue weighted by molar-refractivity contribution is -0.225. The molecule has 3 rings (SSSR count). The van der Waals surface area contributed by atoms with E-state index in [1.54, 1.807) is 38.1 Å². The smallest absolute Gasteiger partial charge is 0.348 e. The fourth-order valence-electron chi connectivity index (χ4n) is 3.13. The van der Waals surface area contributed by atoms with Crippen LogP contribution in [-0.2, 0) is 40.8 Å². The fraction of sp³-hybridized carbons (Fsp3) is 0.500. The van der Waals surface area contributed by atoms with Gasteiger partial charge in [-0.25, -0.2) is 9.37 Å². The van der Waals surface area contributed by atoms with Gasteiger partial charge in [0.2, 0.25) is 6.41 Å². The van der Waals surface area contributed by atoms with Crippen molar-refractivity contribution in [3.63, 3.8) is 0 Å². The number of β-lactam (4-membered cyclic amide) rings is 1. The average Bonchev–Trinajstić information content (AvgIpc) is 2.94. The summed E-state index contributed by atoms with van der Waals surface area (Å²) in [6.07, 6.45) is -0.576. The fourth-order valence-corrected chi connectivity index (χ4v) is 4.03. The summed E-state index contributed by atoms with van der Waals surface area (Å²) in [4.78, 5) is 29.3. The highest BCUT2D eigenvalue weighted by molar-refractivity contribution is 7.84. The minimum absolute atomic E-state index is 0.00449. The Kier molecular flexibility index (Phi) is 5.23. The number of ether oxygens (including phenoxy) is 2. The zero-order valence-electron chi connectivity index (χ0n) is 14.7. The largest absolute Gasteiger partial charge is 0.362 e. The van der Waals surface area contributed by atoms with Crippen LogP contribution in [0.25, 0.3) is 0 Å². The second-order valence-corrected chi connectivity index (χ2v) is 7.93. The van der Waals surface area contributed by atoms with E-state index in [0.717, 1.165) is 10.6 Å². The van der Waals surface area contributed by atoms with Gasteiger partial charge >= 0.3 is 10.3 Å². The Morgan fingerprint density at radius 3 is 2.56 bits per heavy atom.